The number of halogens is 2. The molecule has 1 N–H and O–H groups in total. The molecule has 0 aliphatic heterocycles. The number of carbonyl (C=O) groups excluding carboxylic acids is 1. The molecule has 1 amide bonds. The van der Waals surface area contributed by atoms with Crippen molar-refractivity contribution in [2.75, 3.05) is 11.1 Å². The van der Waals surface area contributed by atoms with Gasteiger partial charge in [-0.25, -0.2) is 8.78 Å². The van der Waals surface area contributed by atoms with Crippen LogP contribution in [-0.2, 0) is 21.3 Å². The van der Waals surface area contributed by atoms with Crippen LogP contribution in [0.4, 0.5) is 14.5 Å². The highest BCUT2D eigenvalue weighted by Gasteiger charge is 2.07. The van der Waals surface area contributed by atoms with Crippen molar-refractivity contribution >= 4 is 22.4 Å². The minimum absolute atomic E-state index is 0.102. The van der Waals surface area contributed by atoms with Crippen molar-refractivity contribution in [3.05, 3.63) is 65.7 Å². The van der Waals surface area contributed by atoms with Gasteiger partial charge in [-0.05, 0) is 42.0 Å². The molecule has 2 rings (SSSR count). The Morgan fingerprint density at radius 2 is 1.50 bits per heavy atom. The summed E-state index contributed by atoms with van der Waals surface area (Å²) >= 11 is 0. The lowest BCUT2D eigenvalue weighted by atomic mass is 10.2. The molecule has 0 spiro atoms. The maximum Gasteiger partial charge on any atom is 0.225 e. The Balaban J connectivity index is 1.76. The van der Waals surface area contributed by atoms with E-state index in [9.17, 15) is 17.8 Å². The molecular weight excluding hydrogens is 308 g/mol. The summed E-state index contributed by atoms with van der Waals surface area (Å²) in [5.41, 5.74) is 1.26. The number of benzene rings is 2. The van der Waals surface area contributed by atoms with Crippen molar-refractivity contribution in [3.63, 3.8) is 0 Å². The Labute approximate surface area is 129 Å². The van der Waals surface area contributed by atoms with Crippen LogP contribution in [0, 0.1) is 11.6 Å². The number of anilines is 1. The highest BCUT2D eigenvalue weighted by atomic mass is 32.2. The second-order valence-corrected chi connectivity index (χ2v) is 6.30. The standard InChI is InChI=1S/C16H15F2NO2S/c17-13-3-1-12(2-4-13)11-22(21)10-9-16(20)19-15-7-5-14(18)6-8-15/h1-8H,9-11H2,(H,19,20)/t22-/m1/s1. The molecule has 22 heavy (non-hydrogen) atoms. The van der Waals surface area contributed by atoms with Gasteiger partial charge in [0.15, 0.2) is 0 Å². The minimum Gasteiger partial charge on any atom is -0.326 e. The third-order valence-corrected chi connectivity index (χ3v) is 4.24. The van der Waals surface area contributed by atoms with Gasteiger partial charge in [-0.1, -0.05) is 12.1 Å². The quantitative estimate of drug-likeness (QED) is 0.887. The number of hydrogen-bond acceptors (Lipinski definition) is 2. The second-order valence-electron chi connectivity index (χ2n) is 4.72. The lowest BCUT2D eigenvalue weighted by Gasteiger charge is -2.05. The first kappa shape index (κ1) is 16.3. The first-order valence-electron chi connectivity index (χ1n) is 6.68. The van der Waals surface area contributed by atoms with Crippen molar-refractivity contribution in [2.24, 2.45) is 0 Å². The smallest absolute Gasteiger partial charge is 0.225 e. The predicted octanol–water partition coefficient (Wildman–Crippen LogP) is 3.24. The molecule has 2 aromatic carbocycles. The molecular formula is C16H15F2NO2S. The molecule has 6 heteroatoms. The van der Waals surface area contributed by atoms with Crippen molar-refractivity contribution < 1.29 is 17.8 Å². The normalized spacial score (nSPS) is 11.9. The van der Waals surface area contributed by atoms with E-state index in [0.29, 0.717) is 5.69 Å². The van der Waals surface area contributed by atoms with Crippen LogP contribution in [0.25, 0.3) is 0 Å². The van der Waals surface area contributed by atoms with E-state index >= 15 is 0 Å². The van der Waals surface area contributed by atoms with Crippen molar-refractivity contribution in [1.82, 2.24) is 0 Å². The Bertz CT molecular complexity index is 597. The molecule has 0 aromatic heterocycles. The molecule has 0 bridgehead atoms. The first-order chi connectivity index (χ1) is 10.5. The highest BCUT2D eigenvalue weighted by Crippen LogP contribution is 2.10. The van der Waals surface area contributed by atoms with Gasteiger partial charge in [-0.15, -0.1) is 0 Å². The summed E-state index contributed by atoms with van der Waals surface area (Å²) in [6.45, 7) is 0. The van der Waals surface area contributed by atoms with Crippen LogP contribution in [0.2, 0.25) is 0 Å². The maximum atomic E-state index is 12.8. The maximum absolute atomic E-state index is 12.8. The van der Waals surface area contributed by atoms with Gasteiger partial charge in [0.25, 0.3) is 0 Å². The van der Waals surface area contributed by atoms with Crippen molar-refractivity contribution in [1.29, 1.82) is 0 Å². The van der Waals surface area contributed by atoms with Crippen LogP contribution in [-0.4, -0.2) is 15.9 Å². The van der Waals surface area contributed by atoms with E-state index in [2.05, 4.69) is 5.32 Å². The van der Waals surface area contributed by atoms with Gasteiger partial charge in [0.2, 0.25) is 5.91 Å². The molecule has 0 aliphatic carbocycles. The summed E-state index contributed by atoms with van der Waals surface area (Å²) in [4.78, 5) is 11.7. The molecule has 0 saturated heterocycles. The molecule has 0 radical (unpaired) electrons. The monoisotopic (exact) mass is 323 g/mol. The zero-order chi connectivity index (χ0) is 15.9. The average molecular weight is 323 g/mol. The second kappa shape index (κ2) is 7.79. The van der Waals surface area contributed by atoms with Gasteiger partial charge < -0.3 is 5.32 Å². The van der Waals surface area contributed by atoms with Gasteiger partial charge in [-0.3, -0.25) is 9.00 Å². The Morgan fingerprint density at radius 3 is 2.09 bits per heavy atom. The first-order valence-corrected chi connectivity index (χ1v) is 8.16. The van der Waals surface area contributed by atoms with E-state index in [4.69, 9.17) is 0 Å². The van der Waals surface area contributed by atoms with E-state index in [1.807, 2.05) is 0 Å². The number of carbonyl (C=O) groups is 1. The molecule has 0 unspecified atom stereocenters. The van der Waals surface area contributed by atoms with Crippen LogP contribution in [0.5, 0.6) is 0 Å². The number of nitrogens with one attached hydrogen (secondary N) is 1. The predicted molar refractivity (Wildman–Crippen MR) is 82.8 cm³/mol. The van der Waals surface area contributed by atoms with Crippen LogP contribution < -0.4 is 5.32 Å². The van der Waals surface area contributed by atoms with Gasteiger partial charge in [0.1, 0.15) is 11.6 Å². The van der Waals surface area contributed by atoms with Gasteiger partial charge in [-0.2, -0.15) is 0 Å². The Kier molecular flexibility index (Phi) is 5.77. The molecule has 1 atom stereocenters. The van der Waals surface area contributed by atoms with E-state index in [1.165, 1.54) is 36.4 Å². The fourth-order valence-electron chi connectivity index (χ4n) is 1.80. The summed E-state index contributed by atoms with van der Waals surface area (Å²) in [5.74, 6) is -0.500. The van der Waals surface area contributed by atoms with E-state index in [0.717, 1.165) is 5.56 Å². The van der Waals surface area contributed by atoms with Crippen molar-refractivity contribution in [2.45, 2.75) is 12.2 Å². The van der Waals surface area contributed by atoms with Crippen LogP contribution in [0.3, 0.4) is 0 Å². The molecule has 0 aliphatic rings. The average Bonchev–Trinajstić information content (AvgIpc) is 2.50. The summed E-state index contributed by atoms with van der Waals surface area (Å²) in [6.07, 6.45) is 0.102. The minimum atomic E-state index is -1.20. The third-order valence-electron chi connectivity index (χ3n) is 2.93. The summed E-state index contributed by atoms with van der Waals surface area (Å²) in [6, 6.07) is 11.2. The van der Waals surface area contributed by atoms with Gasteiger partial charge in [0, 0.05) is 34.4 Å². The Morgan fingerprint density at radius 1 is 0.955 bits per heavy atom. The largest absolute Gasteiger partial charge is 0.326 e. The third kappa shape index (κ3) is 5.37. The van der Waals surface area contributed by atoms with E-state index in [1.54, 1.807) is 12.1 Å². The molecule has 2 aromatic rings. The van der Waals surface area contributed by atoms with Gasteiger partial charge >= 0.3 is 0 Å². The topological polar surface area (TPSA) is 46.2 Å². The van der Waals surface area contributed by atoms with E-state index < -0.39 is 10.8 Å². The number of rotatable bonds is 6. The molecule has 116 valence electrons. The van der Waals surface area contributed by atoms with Crippen LogP contribution in [0.1, 0.15) is 12.0 Å². The van der Waals surface area contributed by atoms with Crippen molar-refractivity contribution in [3.8, 4) is 0 Å². The fraction of sp³-hybridized carbons (Fsp3) is 0.188. The number of amides is 1. The van der Waals surface area contributed by atoms with E-state index in [-0.39, 0.29) is 35.5 Å². The van der Waals surface area contributed by atoms with Gasteiger partial charge in [0.05, 0.1) is 0 Å². The lowest BCUT2D eigenvalue weighted by Crippen LogP contribution is -2.15. The van der Waals surface area contributed by atoms with Crippen LogP contribution in [0.15, 0.2) is 48.5 Å². The zero-order valence-electron chi connectivity index (χ0n) is 11.7. The fourth-order valence-corrected chi connectivity index (χ4v) is 2.92. The molecule has 0 saturated carbocycles. The summed E-state index contributed by atoms with van der Waals surface area (Å²) in [7, 11) is -1.20. The number of hydrogen-bond donors (Lipinski definition) is 1. The highest BCUT2D eigenvalue weighted by molar-refractivity contribution is 7.84. The summed E-state index contributed by atoms with van der Waals surface area (Å²) in [5, 5.41) is 2.61. The molecule has 3 nitrogen and oxygen atoms in total. The lowest BCUT2D eigenvalue weighted by molar-refractivity contribution is -0.115. The zero-order valence-corrected chi connectivity index (χ0v) is 12.5. The summed E-state index contributed by atoms with van der Waals surface area (Å²) < 4.78 is 37.4. The molecule has 0 heterocycles. The SMILES string of the molecule is O=C(CC[S@@](=O)Cc1ccc(F)cc1)Nc1ccc(F)cc1. The molecule has 0 fully saturated rings. The Hall–Kier alpha value is -2.08. The van der Waals surface area contributed by atoms with Crippen LogP contribution >= 0.6 is 0 Å².